The van der Waals surface area contributed by atoms with Crippen molar-refractivity contribution in [2.75, 3.05) is 0 Å². The lowest BCUT2D eigenvalue weighted by Crippen LogP contribution is -1.96. The van der Waals surface area contributed by atoms with Crippen LogP contribution >= 0.6 is 0 Å². The van der Waals surface area contributed by atoms with Gasteiger partial charge in [-0.2, -0.15) is 5.10 Å². The van der Waals surface area contributed by atoms with Crippen molar-refractivity contribution < 1.29 is 9.90 Å². The quantitative estimate of drug-likeness (QED) is 0.756. The highest BCUT2D eigenvalue weighted by Crippen LogP contribution is 2.23. The molecule has 0 amide bonds. The van der Waals surface area contributed by atoms with Crippen molar-refractivity contribution in [1.29, 1.82) is 0 Å². The van der Waals surface area contributed by atoms with E-state index in [-0.39, 0.29) is 5.56 Å². The SMILES string of the molecule is O=C(O)c1ccc(-c2nncc3cccnc23)cc1. The fraction of sp³-hybridized carbons (Fsp3) is 0. The molecule has 0 atom stereocenters. The second kappa shape index (κ2) is 4.45. The molecule has 0 saturated carbocycles. The van der Waals surface area contributed by atoms with Gasteiger partial charge in [-0.05, 0) is 24.3 Å². The molecule has 0 spiro atoms. The Morgan fingerprint density at radius 2 is 1.89 bits per heavy atom. The lowest BCUT2D eigenvalue weighted by Gasteiger charge is -2.04. The summed E-state index contributed by atoms with van der Waals surface area (Å²) in [6.07, 6.45) is 3.34. The molecular weight excluding hydrogens is 242 g/mol. The number of fused-ring (bicyclic) bond motifs is 1. The predicted octanol–water partition coefficient (Wildman–Crippen LogP) is 2.39. The van der Waals surface area contributed by atoms with Crippen LogP contribution in [0.25, 0.3) is 22.2 Å². The third kappa shape index (κ3) is 2.01. The van der Waals surface area contributed by atoms with Gasteiger partial charge in [0, 0.05) is 17.1 Å². The molecule has 0 bridgehead atoms. The van der Waals surface area contributed by atoms with E-state index in [2.05, 4.69) is 15.2 Å². The second-order valence-electron chi connectivity index (χ2n) is 4.02. The maximum atomic E-state index is 10.8. The lowest BCUT2D eigenvalue weighted by molar-refractivity contribution is 0.0697. The third-order valence-electron chi connectivity index (χ3n) is 2.82. The first-order valence-corrected chi connectivity index (χ1v) is 5.66. The summed E-state index contributed by atoms with van der Waals surface area (Å²) in [7, 11) is 0. The summed E-state index contributed by atoms with van der Waals surface area (Å²) < 4.78 is 0. The Morgan fingerprint density at radius 3 is 2.63 bits per heavy atom. The van der Waals surface area contributed by atoms with Crippen LogP contribution in [0.5, 0.6) is 0 Å². The Balaban J connectivity index is 2.16. The zero-order valence-electron chi connectivity index (χ0n) is 9.82. The van der Waals surface area contributed by atoms with Crippen LogP contribution in [0.4, 0.5) is 0 Å². The molecular formula is C14H9N3O2. The van der Waals surface area contributed by atoms with Gasteiger partial charge in [0.05, 0.1) is 17.3 Å². The first-order valence-electron chi connectivity index (χ1n) is 5.66. The smallest absolute Gasteiger partial charge is 0.335 e. The van der Waals surface area contributed by atoms with Gasteiger partial charge in [-0.15, -0.1) is 5.10 Å². The van der Waals surface area contributed by atoms with Crippen LogP contribution in [0, 0.1) is 0 Å². The Labute approximate surface area is 108 Å². The van der Waals surface area contributed by atoms with Gasteiger partial charge in [-0.25, -0.2) is 4.79 Å². The van der Waals surface area contributed by atoms with Crippen molar-refractivity contribution in [3.63, 3.8) is 0 Å². The van der Waals surface area contributed by atoms with Crippen LogP contribution in [-0.4, -0.2) is 26.3 Å². The molecule has 3 rings (SSSR count). The van der Waals surface area contributed by atoms with Gasteiger partial charge >= 0.3 is 5.97 Å². The van der Waals surface area contributed by atoms with E-state index in [0.717, 1.165) is 16.5 Å². The first-order chi connectivity index (χ1) is 9.25. The summed E-state index contributed by atoms with van der Waals surface area (Å²) in [6.45, 7) is 0. The standard InChI is InChI=1S/C14H9N3O2/c18-14(19)10-5-3-9(4-6-10)13-12-11(8-16-17-13)2-1-7-15-12/h1-8H,(H,18,19). The van der Waals surface area contributed by atoms with E-state index in [9.17, 15) is 4.79 Å². The van der Waals surface area contributed by atoms with Crippen LogP contribution in [0.2, 0.25) is 0 Å². The summed E-state index contributed by atoms with van der Waals surface area (Å²) >= 11 is 0. The molecule has 0 aliphatic heterocycles. The van der Waals surface area contributed by atoms with Crippen LogP contribution in [0.15, 0.2) is 48.8 Å². The molecule has 0 radical (unpaired) electrons. The summed E-state index contributed by atoms with van der Waals surface area (Å²) in [5, 5.41) is 17.8. The molecule has 5 heteroatoms. The molecule has 19 heavy (non-hydrogen) atoms. The summed E-state index contributed by atoms with van der Waals surface area (Å²) in [5.74, 6) is -0.950. The summed E-state index contributed by atoms with van der Waals surface area (Å²) in [5.41, 5.74) is 2.43. The molecule has 2 aromatic heterocycles. The van der Waals surface area contributed by atoms with Crippen LogP contribution in [-0.2, 0) is 0 Å². The number of pyridine rings is 1. The Hall–Kier alpha value is -2.82. The number of carbonyl (C=O) groups is 1. The Kier molecular flexibility index (Phi) is 2.64. The molecule has 1 N–H and O–H groups in total. The van der Waals surface area contributed by atoms with Gasteiger partial charge in [0.2, 0.25) is 0 Å². The minimum atomic E-state index is -0.950. The zero-order valence-corrected chi connectivity index (χ0v) is 9.82. The maximum Gasteiger partial charge on any atom is 0.335 e. The van der Waals surface area contributed by atoms with Gasteiger partial charge in [-0.3, -0.25) is 4.98 Å². The monoisotopic (exact) mass is 251 g/mol. The molecule has 3 aromatic rings. The van der Waals surface area contributed by atoms with Crippen molar-refractivity contribution >= 4 is 16.9 Å². The van der Waals surface area contributed by atoms with E-state index in [0.29, 0.717) is 5.69 Å². The van der Waals surface area contributed by atoms with Crippen molar-refractivity contribution in [3.8, 4) is 11.3 Å². The Bertz CT molecular complexity index is 749. The molecule has 0 saturated heterocycles. The van der Waals surface area contributed by atoms with Crippen LogP contribution in [0.3, 0.4) is 0 Å². The van der Waals surface area contributed by atoms with Crippen molar-refractivity contribution in [3.05, 3.63) is 54.4 Å². The Morgan fingerprint density at radius 1 is 1.11 bits per heavy atom. The highest BCUT2D eigenvalue weighted by Gasteiger charge is 2.08. The first kappa shape index (κ1) is 11.3. The van der Waals surface area contributed by atoms with E-state index in [4.69, 9.17) is 5.11 Å². The molecule has 2 heterocycles. The number of aromatic nitrogens is 3. The van der Waals surface area contributed by atoms with E-state index >= 15 is 0 Å². The van der Waals surface area contributed by atoms with Gasteiger partial charge in [0.15, 0.2) is 0 Å². The fourth-order valence-corrected chi connectivity index (χ4v) is 1.88. The number of carboxylic acids is 1. The molecule has 0 aliphatic rings. The maximum absolute atomic E-state index is 10.8. The normalized spacial score (nSPS) is 10.5. The predicted molar refractivity (Wildman–Crippen MR) is 69.7 cm³/mol. The molecule has 92 valence electrons. The van der Waals surface area contributed by atoms with E-state index < -0.39 is 5.97 Å². The number of aromatic carboxylic acids is 1. The summed E-state index contributed by atoms with van der Waals surface area (Å²) in [6, 6.07) is 10.2. The number of benzene rings is 1. The molecule has 0 unspecified atom stereocenters. The zero-order chi connectivity index (χ0) is 13.2. The number of hydrogen-bond donors (Lipinski definition) is 1. The fourth-order valence-electron chi connectivity index (χ4n) is 1.88. The highest BCUT2D eigenvalue weighted by atomic mass is 16.4. The topological polar surface area (TPSA) is 76.0 Å². The van der Waals surface area contributed by atoms with Crippen LogP contribution in [0.1, 0.15) is 10.4 Å². The molecule has 0 fully saturated rings. The third-order valence-corrected chi connectivity index (χ3v) is 2.82. The van der Waals surface area contributed by atoms with Gasteiger partial charge < -0.3 is 5.11 Å². The number of rotatable bonds is 2. The molecule has 5 nitrogen and oxygen atoms in total. The minimum absolute atomic E-state index is 0.241. The molecule has 0 aliphatic carbocycles. The van der Waals surface area contributed by atoms with Crippen molar-refractivity contribution in [1.82, 2.24) is 15.2 Å². The average molecular weight is 251 g/mol. The van der Waals surface area contributed by atoms with E-state index in [1.165, 1.54) is 0 Å². The number of hydrogen-bond acceptors (Lipinski definition) is 4. The second-order valence-corrected chi connectivity index (χ2v) is 4.02. The largest absolute Gasteiger partial charge is 0.478 e. The number of carboxylic acid groups (broad SMARTS) is 1. The minimum Gasteiger partial charge on any atom is -0.478 e. The van der Waals surface area contributed by atoms with Gasteiger partial charge in [0.25, 0.3) is 0 Å². The average Bonchev–Trinajstić information content (AvgIpc) is 2.47. The lowest BCUT2D eigenvalue weighted by atomic mass is 10.1. The van der Waals surface area contributed by atoms with Gasteiger partial charge in [0.1, 0.15) is 5.69 Å². The highest BCUT2D eigenvalue weighted by molar-refractivity contribution is 5.92. The van der Waals surface area contributed by atoms with E-state index in [1.54, 1.807) is 36.7 Å². The van der Waals surface area contributed by atoms with E-state index in [1.807, 2.05) is 12.1 Å². The summed E-state index contributed by atoms with van der Waals surface area (Å²) in [4.78, 5) is 15.1. The van der Waals surface area contributed by atoms with Crippen molar-refractivity contribution in [2.45, 2.75) is 0 Å². The molecule has 1 aromatic carbocycles. The van der Waals surface area contributed by atoms with Crippen LogP contribution < -0.4 is 0 Å². The van der Waals surface area contributed by atoms with Crippen molar-refractivity contribution in [2.24, 2.45) is 0 Å². The number of nitrogens with zero attached hydrogens (tertiary/aromatic N) is 3. The van der Waals surface area contributed by atoms with Gasteiger partial charge in [-0.1, -0.05) is 12.1 Å².